The first-order valence-corrected chi connectivity index (χ1v) is 3.88. The molecule has 0 saturated carbocycles. The number of hydrogen-bond donors (Lipinski definition) is 0. The van der Waals surface area contributed by atoms with Crippen molar-refractivity contribution >= 4 is 11.6 Å². The fraction of sp³-hybridized carbons (Fsp3) is 0. The van der Waals surface area contributed by atoms with Gasteiger partial charge in [-0.1, -0.05) is 23.7 Å². The molecule has 1 heterocycles. The largest absolute Gasteiger partial charge is 0.451 e. The Balaban J connectivity index is 2.48. The molecule has 0 aliphatic heterocycles. The van der Waals surface area contributed by atoms with Crippen LogP contribution in [-0.4, -0.2) is 4.98 Å². The van der Waals surface area contributed by atoms with E-state index < -0.39 is 0 Å². The van der Waals surface area contributed by atoms with Crippen LogP contribution >= 0.6 is 11.6 Å². The summed E-state index contributed by atoms with van der Waals surface area (Å²) >= 11 is 5.80. The molecule has 2 aromatic rings. The second-order valence-corrected chi connectivity index (χ2v) is 2.82. The van der Waals surface area contributed by atoms with Crippen LogP contribution in [0.2, 0.25) is 5.02 Å². The van der Waals surface area contributed by atoms with E-state index in [2.05, 4.69) is 4.98 Å². The van der Waals surface area contributed by atoms with Crippen molar-refractivity contribution < 1.29 is 4.42 Å². The van der Waals surface area contributed by atoms with Gasteiger partial charge >= 0.3 is 0 Å². The maximum Gasteiger partial charge on any atom is 0.181 e. The van der Waals surface area contributed by atoms with Gasteiger partial charge in [-0.15, -0.1) is 0 Å². The smallest absolute Gasteiger partial charge is 0.181 e. The fourth-order valence-electron chi connectivity index (χ4n) is 1.00. The number of halogens is 1. The second-order valence-electron chi connectivity index (χ2n) is 2.38. The summed E-state index contributed by atoms with van der Waals surface area (Å²) < 4.78 is 4.85. The van der Waals surface area contributed by atoms with E-state index in [0.717, 1.165) is 11.3 Å². The maximum atomic E-state index is 5.80. The zero-order valence-corrected chi connectivity index (χ0v) is 6.95. The topological polar surface area (TPSA) is 26.0 Å². The summed E-state index contributed by atoms with van der Waals surface area (Å²) in [5.41, 5.74) is 1.77. The van der Waals surface area contributed by atoms with Gasteiger partial charge in [0.1, 0.15) is 12.0 Å². The van der Waals surface area contributed by atoms with Gasteiger partial charge in [-0.2, -0.15) is 0 Å². The highest BCUT2D eigenvalue weighted by Crippen LogP contribution is 2.20. The molecule has 0 saturated heterocycles. The molecule has 0 aliphatic rings. The van der Waals surface area contributed by atoms with Gasteiger partial charge in [0.05, 0.1) is 0 Å². The minimum atomic E-state index is 0.704. The van der Waals surface area contributed by atoms with Crippen molar-refractivity contribution in [1.29, 1.82) is 0 Å². The van der Waals surface area contributed by atoms with Crippen LogP contribution < -0.4 is 0 Å². The van der Waals surface area contributed by atoms with Crippen LogP contribution in [0.3, 0.4) is 0 Å². The summed E-state index contributed by atoms with van der Waals surface area (Å²) in [6.07, 6.45) is 2.99. The SMILES string of the molecule is Clc1cccc(-c2cocn2)c1. The van der Waals surface area contributed by atoms with Crippen molar-refractivity contribution in [3.63, 3.8) is 0 Å². The van der Waals surface area contributed by atoms with Crippen LogP contribution in [0.25, 0.3) is 11.3 Å². The maximum absolute atomic E-state index is 5.80. The lowest BCUT2D eigenvalue weighted by Gasteiger charge is -1.94. The molecule has 0 atom stereocenters. The number of aromatic nitrogens is 1. The zero-order chi connectivity index (χ0) is 8.39. The minimum Gasteiger partial charge on any atom is -0.451 e. The van der Waals surface area contributed by atoms with Gasteiger partial charge in [0.2, 0.25) is 0 Å². The Kier molecular flexibility index (Phi) is 1.84. The molecule has 2 rings (SSSR count). The first-order chi connectivity index (χ1) is 5.86. The van der Waals surface area contributed by atoms with Crippen LogP contribution in [0, 0.1) is 0 Å². The third kappa shape index (κ3) is 1.34. The molecular formula is C9H6ClNO. The summed E-state index contributed by atoms with van der Waals surface area (Å²) in [6.45, 7) is 0. The molecule has 0 bridgehead atoms. The van der Waals surface area contributed by atoms with Crippen molar-refractivity contribution in [2.45, 2.75) is 0 Å². The Bertz CT molecular complexity index is 370. The van der Waals surface area contributed by atoms with E-state index in [1.54, 1.807) is 6.26 Å². The molecule has 0 N–H and O–H groups in total. The lowest BCUT2D eigenvalue weighted by atomic mass is 10.2. The van der Waals surface area contributed by atoms with E-state index in [1.807, 2.05) is 24.3 Å². The van der Waals surface area contributed by atoms with Gasteiger partial charge in [-0.25, -0.2) is 4.98 Å². The van der Waals surface area contributed by atoms with Crippen LogP contribution in [0.15, 0.2) is 41.3 Å². The summed E-state index contributed by atoms with van der Waals surface area (Å²) in [5.74, 6) is 0. The molecule has 1 aromatic carbocycles. The van der Waals surface area contributed by atoms with E-state index in [9.17, 15) is 0 Å². The van der Waals surface area contributed by atoms with Gasteiger partial charge < -0.3 is 4.42 Å². The van der Waals surface area contributed by atoms with Crippen LogP contribution in [-0.2, 0) is 0 Å². The van der Waals surface area contributed by atoms with Crippen molar-refractivity contribution in [3.05, 3.63) is 41.9 Å². The highest BCUT2D eigenvalue weighted by atomic mass is 35.5. The van der Waals surface area contributed by atoms with Gasteiger partial charge in [-0.05, 0) is 12.1 Å². The first-order valence-electron chi connectivity index (χ1n) is 3.50. The zero-order valence-electron chi connectivity index (χ0n) is 6.20. The van der Waals surface area contributed by atoms with E-state index >= 15 is 0 Å². The number of nitrogens with zero attached hydrogens (tertiary/aromatic N) is 1. The lowest BCUT2D eigenvalue weighted by molar-refractivity contribution is 0.558. The molecule has 3 heteroatoms. The van der Waals surface area contributed by atoms with E-state index in [0.29, 0.717) is 5.02 Å². The van der Waals surface area contributed by atoms with Crippen molar-refractivity contribution in [1.82, 2.24) is 4.98 Å². The fourth-order valence-corrected chi connectivity index (χ4v) is 1.19. The Hall–Kier alpha value is -1.28. The van der Waals surface area contributed by atoms with Crippen molar-refractivity contribution in [3.8, 4) is 11.3 Å². The molecule has 0 radical (unpaired) electrons. The molecule has 1 aromatic heterocycles. The number of rotatable bonds is 1. The van der Waals surface area contributed by atoms with E-state index in [1.165, 1.54) is 6.39 Å². The van der Waals surface area contributed by atoms with Crippen LogP contribution in [0.5, 0.6) is 0 Å². The van der Waals surface area contributed by atoms with Gasteiger partial charge in [0.15, 0.2) is 6.39 Å². The average molecular weight is 180 g/mol. The molecule has 0 amide bonds. The quantitative estimate of drug-likeness (QED) is 0.673. The molecule has 0 aliphatic carbocycles. The molecule has 0 fully saturated rings. The Morgan fingerprint density at radius 2 is 2.25 bits per heavy atom. The third-order valence-corrected chi connectivity index (χ3v) is 1.79. The summed E-state index contributed by atoms with van der Waals surface area (Å²) in [5, 5.41) is 0.704. The molecule has 60 valence electrons. The molecule has 0 unspecified atom stereocenters. The molecule has 12 heavy (non-hydrogen) atoms. The van der Waals surface area contributed by atoms with Gasteiger partial charge in [0, 0.05) is 10.6 Å². The summed E-state index contributed by atoms with van der Waals surface area (Å²) in [4.78, 5) is 4.00. The van der Waals surface area contributed by atoms with Gasteiger partial charge in [-0.3, -0.25) is 0 Å². The van der Waals surface area contributed by atoms with E-state index in [-0.39, 0.29) is 0 Å². The summed E-state index contributed by atoms with van der Waals surface area (Å²) in [7, 11) is 0. The van der Waals surface area contributed by atoms with Crippen LogP contribution in [0.1, 0.15) is 0 Å². The Labute approximate surface area is 74.8 Å². The molecule has 0 spiro atoms. The van der Waals surface area contributed by atoms with Gasteiger partial charge in [0.25, 0.3) is 0 Å². The second kappa shape index (κ2) is 2.99. The van der Waals surface area contributed by atoms with Crippen molar-refractivity contribution in [2.75, 3.05) is 0 Å². The summed E-state index contributed by atoms with van der Waals surface area (Å²) in [6, 6.07) is 7.49. The normalized spacial score (nSPS) is 10.1. The number of hydrogen-bond acceptors (Lipinski definition) is 2. The number of benzene rings is 1. The molecular weight excluding hydrogens is 174 g/mol. The highest BCUT2D eigenvalue weighted by molar-refractivity contribution is 6.30. The van der Waals surface area contributed by atoms with Crippen molar-refractivity contribution in [2.24, 2.45) is 0 Å². The third-order valence-electron chi connectivity index (χ3n) is 1.55. The number of oxazole rings is 1. The predicted molar refractivity (Wildman–Crippen MR) is 46.9 cm³/mol. The minimum absolute atomic E-state index is 0.704. The molecule has 2 nitrogen and oxygen atoms in total. The van der Waals surface area contributed by atoms with Crippen LogP contribution in [0.4, 0.5) is 0 Å². The lowest BCUT2D eigenvalue weighted by Crippen LogP contribution is -1.75. The monoisotopic (exact) mass is 179 g/mol. The highest BCUT2D eigenvalue weighted by Gasteiger charge is 1.99. The Morgan fingerprint density at radius 1 is 1.33 bits per heavy atom. The first kappa shape index (κ1) is 7.37. The Morgan fingerprint density at radius 3 is 2.92 bits per heavy atom. The standard InChI is InChI=1S/C9H6ClNO/c10-8-3-1-2-7(4-8)9-5-12-6-11-9/h1-6H. The average Bonchev–Trinajstić information content (AvgIpc) is 2.56. The van der Waals surface area contributed by atoms with E-state index in [4.69, 9.17) is 16.0 Å². The predicted octanol–water partition coefficient (Wildman–Crippen LogP) is 3.00.